The number of hydrogen-bond acceptors (Lipinski definition) is 5. The van der Waals surface area contributed by atoms with Crippen LogP contribution >= 0.6 is 0 Å². The van der Waals surface area contributed by atoms with Crippen molar-refractivity contribution >= 4 is 17.5 Å². The lowest BCUT2D eigenvalue weighted by Gasteiger charge is -2.15. The second kappa shape index (κ2) is 8.17. The van der Waals surface area contributed by atoms with Crippen molar-refractivity contribution in [2.24, 2.45) is 0 Å². The van der Waals surface area contributed by atoms with Crippen LogP contribution in [0.2, 0.25) is 0 Å². The lowest BCUT2D eigenvalue weighted by molar-refractivity contribution is 0.102. The number of hydrogen-bond donors (Lipinski definition) is 2. The van der Waals surface area contributed by atoms with E-state index in [4.69, 9.17) is 4.74 Å². The average molecular weight is 354 g/mol. The fourth-order valence-corrected chi connectivity index (χ4v) is 3.12. The van der Waals surface area contributed by atoms with Gasteiger partial charge in [0.05, 0.1) is 11.8 Å². The molecule has 6 heteroatoms. The van der Waals surface area contributed by atoms with Gasteiger partial charge in [0.15, 0.2) is 0 Å². The van der Waals surface area contributed by atoms with Gasteiger partial charge in [-0.3, -0.25) is 4.79 Å². The smallest absolute Gasteiger partial charge is 0.274 e. The van der Waals surface area contributed by atoms with Gasteiger partial charge in [0.2, 0.25) is 5.95 Å². The number of nitrogens with zero attached hydrogens (tertiary/aromatic N) is 2. The summed E-state index contributed by atoms with van der Waals surface area (Å²) in [6.07, 6.45) is 4.72. The SMILES string of the molecule is Cc1cc(C(=O)Nc2ccccc2OC(C)C)nc(NC2CCCC2)n1. The third kappa shape index (κ3) is 4.71. The molecule has 2 aromatic rings. The number of rotatable bonds is 6. The zero-order valence-electron chi connectivity index (χ0n) is 15.6. The van der Waals surface area contributed by atoms with E-state index in [-0.39, 0.29) is 12.0 Å². The topological polar surface area (TPSA) is 76.1 Å². The van der Waals surface area contributed by atoms with Gasteiger partial charge >= 0.3 is 0 Å². The number of amides is 1. The fraction of sp³-hybridized carbons (Fsp3) is 0.450. The molecule has 0 saturated heterocycles. The largest absolute Gasteiger partial charge is 0.489 e. The maximum Gasteiger partial charge on any atom is 0.274 e. The van der Waals surface area contributed by atoms with E-state index in [0.717, 1.165) is 18.5 Å². The van der Waals surface area contributed by atoms with Gasteiger partial charge in [0, 0.05) is 11.7 Å². The normalized spacial score (nSPS) is 14.5. The number of carbonyl (C=O) groups excluding carboxylic acids is 1. The average Bonchev–Trinajstić information content (AvgIpc) is 3.08. The van der Waals surface area contributed by atoms with Crippen molar-refractivity contribution in [3.8, 4) is 5.75 Å². The Morgan fingerprint density at radius 3 is 2.65 bits per heavy atom. The molecule has 0 unspecified atom stereocenters. The van der Waals surface area contributed by atoms with E-state index in [2.05, 4.69) is 20.6 Å². The molecule has 1 aliphatic carbocycles. The van der Waals surface area contributed by atoms with E-state index in [1.165, 1.54) is 12.8 Å². The van der Waals surface area contributed by atoms with Crippen molar-refractivity contribution in [2.45, 2.75) is 58.6 Å². The standard InChI is InChI=1S/C20H26N4O2/c1-13(2)26-18-11-7-6-10-16(18)23-19(25)17-12-14(3)21-20(24-17)22-15-8-4-5-9-15/h6-7,10-13,15H,4-5,8-9H2,1-3H3,(H,23,25)(H,21,22,24). The van der Waals surface area contributed by atoms with Crippen LogP contribution in [-0.2, 0) is 0 Å². The minimum atomic E-state index is -0.273. The first-order valence-corrected chi connectivity index (χ1v) is 9.20. The van der Waals surface area contributed by atoms with E-state index < -0.39 is 0 Å². The van der Waals surface area contributed by atoms with Gasteiger partial charge in [-0.15, -0.1) is 0 Å². The van der Waals surface area contributed by atoms with Gasteiger partial charge in [-0.1, -0.05) is 25.0 Å². The molecule has 1 aliphatic rings. The van der Waals surface area contributed by atoms with Crippen LogP contribution in [0.1, 0.15) is 55.7 Å². The van der Waals surface area contributed by atoms with Crippen molar-refractivity contribution < 1.29 is 9.53 Å². The molecular weight excluding hydrogens is 328 g/mol. The van der Waals surface area contributed by atoms with Crippen LogP contribution < -0.4 is 15.4 Å². The van der Waals surface area contributed by atoms with Gasteiger partial charge in [0.1, 0.15) is 11.4 Å². The Bertz CT molecular complexity index is 770. The quantitative estimate of drug-likeness (QED) is 0.814. The van der Waals surface area contributed by atoms with Crippen molar-refractivity contribution in [3.05, 3.63) is 41.7 Å². The van der Waals surface area contributed by atoms with Crippen molar-refractivity contribution in [3.63, 3.8) is 0 Å². The third-order valence-electron chi connectivity index (χ3n) is 4.27. The van der Waals surface area contributed by atoms with Crippen molar-refractivity contribution in [1.29, 1.82) is 0 Å². The molecule has 0 bridgehead atoms. The van der Waals surface area contributed by atoms with Crippen LogP contribution in [-0.4, -0.2) is 28.0 Å². The molecule has 1 amide bonds. The number of anilines is 2. The predicted molar refractivity (Wildman–Crippen MR) is 103 cm³/mol. The van der Waals surface area contributed by atoms with Gasteiger partial charge in [-0.2, -0.15) is 0 Å². The molecule has 138 valence electrons. The molecule has 3 rings (SSSR count). The molecule has 0 aliphatic heterocycles. The highest BCUT2D eigenvalue weighted by molar-refractivity contribution is 6.03. The van der Waals surface area contributed by atoms with E-state index in [9.17, 15) is 4.79 Å². The summed E-state index contributed by atoms with van der Waals surface area (Å²) in [5.41, 5.74) is 1.74. The summed E-state index contributed by atoms with van der Waals surface area (Å²) in [5.74, 6) is 0.893. The summed E-state index contributed by atoms with van der Waals surface area (Å²) >= 11 is 0. The monoisotopic (exact) mass is 354 g/mol. The van der Waals surface area contributed by atoms with E-state index in [0.29, 0.717) is 29.1 Å². The van der Waals surface area contributed by atoms with Crippen LogP contribution in [0.5, 0.6) is 5.75 Å². The zero-order chi connectivity index (χ0) is 18.5. The first kappa shape index (κ1) is 18.2. The van der Waals surface area contributed by atoms with Crippen molar-refractivity contribution in [2.75, 3.05) is 10.6 Å². The summed E-state index contributed by atoms with van der Waals surface area (Å²) in [6, 6.07) is 9.50. The number of carbonyl (C=O) groups is 1. The number of benzene rings is 1. The molecule has 6 nitrogen and oxygen atoms in total. The minimum absolute atomic E-state index is 0.0246. The van der Waals surface area contributed by atoms with Crippen LogP contribution in [0.25, 0.3) is 0 Å². The molecule has 0 spiro atoms. The predicted octanol–water partition coefficient (Wildman–Crippen LogP) is 4.18. The van der Waals surface area contributed by atoms with E-state index >= 15 is 0 Å². The Hall–Kier alpha value is -2.63. The Kier molecular flexibility index (Phi) is 5.71. The highest BCUT2D eigenvalue weighted by Gasteiger charge is 2.18. The summed E-state index contributed by atoms with van der Waals surface area (Å²) in [6.45, 7) is 5.77. The number of para-hydroxylation sites is 2. The molecule has 26 heavy (non-hydrogen) atoms. The molecule has 1 aromatic carbocycles. The minimum Gasteiger partial charge on any atom is -0.489 e. The summed E-state index contributed by atoms with van der Waals surface area (Å²) in [7, 11) is 0. The van der Waals surface area contributed by atoms with Gasteiger partial charge in [-0.05, 0) is 51.8 Å². The van der Waals surface area contributed by atoms with Gasteiger partial charge < -0.3 is 15.4 Å². The summed E-state index contributed by atoms with van der Waals surface area (Å²) in [5, 5.41) is 6.25. The van der Waals surface area contributed by atoms with Crippen LogP contribution in [0.15, 0.2) is 30.3 Å². The Labute approximate surface area is 154 Å². The third-order valence-corrected chi connectivity index (χ3v) is 4.27. The highest BCUT2D eigenvalue weighted by Crippen LogP contribution is 2.25. The maximum absolute atomic E-state index is 12.7. The van der Waals surface area contributed by atoms with Crippen LogP contribution in [0.4, 0.5) is 11.6 Å². The summed E-state index contributed by atoms with van der Waals surface area (Å²) < 4.78 is 5.76. The second-order valence-corrected chi connectivity index (χ2v) is 6.96. The Morgan fingerprint density at radius 2 is 1.92 bits per heavy atom. The van der Waals surface area contributed by atoms with Gasteiger partial charge in [-0.25, -0.2) is 9.97 Å². The zero-order valence-corrected chi connectivity index (χ0v) is 15.6. The van der Waals surface area contributed by atoms with Gasteiger partial charge in [0.25, 0.3) is 5.91 Å². The van der Waals surface area contributed by atoms with E-state index in [1.54, 1.807) is 6.07 Å². The lowest BCUT2D eigenvalue weighted by atomic mass is 10.2. The van der Waals surface area contributed by atoms with E-state index in [1.807, 2.05) is 45.0 Å². The number of aromatic nitrogens is 2. The van der Waals surface area contributed by atoms with Crippen LogP contribution in [0, 0.1) is 6.92 Å². The molecule has 1 heterocycles. The first-order chi connectivity index (χ1) is 12.5. The second-order valence-electron chi connectivity index (χ2n) is 6.96. The van der Waals surface area contributed by atoms with Crippen LogP contribution in [0.3, 0.4) is 0 Å². The fourth-order valence-electron chi connectivity index (χ4n) is 3.12. The number of aryl methyl sites for hydroxylation is 1. The molecule has 1 saturated carbocycles. The lowest BCUT2D eigenvalue weighted by Crippen LogP contribution is -2.20. The Morgan fingerprint density at radius 1 is 1.19 bits per heavy atom. The molecule has 2 N–H and O–H groups in total. The Balaban J connectivity index is 1.76. The highest BCUT2D eigenvalue weighted by atomic mass is 16.5. The molecule has 1 fully saturated rings. The summed E-state index contributed by atoms with van der Waals surface area (Å²) in [4.78, 5) is 21.5. The van der Waals surface area contributed by atoms with Crippen molar-refractivity contribution in [1.82, 2.24) is 9.97 Å². The molecular formula is C20H26N4O2. The molecule has 0 radical (unpaired) electrons. The maximum atomic E-state index is 12.7. The number of ether oxygens (including phenoxy) is 1. The molecule has 0 atom stereocenters. The first-order valence-electron chi connectivity index (χ1n) is 9.20. The number of nitrogens with one attached hydrogen (secondary N) is 2. The molecule has 1 aromatic heterocycles.